The van der Waals surface area contributed by atoms with Crippen molar-refractivity contribution >= 4 is 22.6 Å². The molecule has 0 aromatic heterocycles. The summed E-state index contributed by atoms with van der Waals surface area (Å²) in [4.78, 5) is 52.1. The number of phenols is 3. The zero-order valence-corrected chi connectivity index (χ0v) is 27.7. The SMILES string of the molecule is CP(=O)(O)C(NCCN(CCNC(c1ccccc1O)P(=O)(O)O)CCNC(c1ccccc1O)P(=O)(O)O)c1ccccc1O. The molecule has 0 fully saturated rings. The fourth-order valence-corrected chi connectivity index (χ4v) is 8.02. The molecule has 0 aliphatic rings. The summed E-state index contributed by atoms with van der Waals surface area (Å²) in [7, 11) is -13.4. The first-order valence-electron chi connectivity index (χ1n) is 14.2. The molecule has 15 nitrogen and oxygen atoms in total. The maximum Gasteiger partial charge on any atom is 0.346 e. The van der Waals surface area contributed by atoms with Gasteiger partial charge >= 0.3 is 15.2 Å². The Morgan fingerprint density at radius 1 is 0.543 bits per heavy atom. The fraction of sp³-hybridized carbons (Fsp3) is 0.357. The fourth-order valence-electron chi connectivity index (χ4n) is 4.93. The minimum absolute atomic E-state index is 0.000673. The molecule has 3 aromatic rings. The second-order valence-electron chi connectivity index (χ2n) is 10.7. The molecule has 0 spiro atoms. The molecule has 4 unspecified atom stereocenters. The highest BCUT2D eigenvalue weighted by Crippen LogP contribution is 2.53. The standard InChI is InChI=1S/C28H41N4O11P3/c1-44(36,37)26(20-8-2-5-11-23(20)33)29-14-17-32(18-15-30-27(45(38,39)40)21-9-3-6-12-24(21)34)19-16-31-28(46(41,42)43)22-10-4-7-13-25(22)35/h2-13,26-31,33-35H,14-19H2,1H3,(H,36,37)(H2,38,39,40)(H2,41,42,43). The Balaban J connectivity index is 1.76. The summed E-state index contributed by atoms with van der Waals surface area (Å²) in [6, 6.07) is 17.6. The maximum absolute atomic E-state index is 12.7. The lowest BCUT2D eigenvalue weighted by molar-refractivity contribution is 0.261. The molecule has 0 aliphatic carbocycles. The summed E-state index contributed by atoms with van der Waals surface area (Å²) < 4.78 is 37.3. The monoisotopic (exact) mass is 702 g/mol. The molecule has 0 bridgehead atoms. The van der Waals surface area contributed by atoms with Crippen LogP contribution in [0.5, 0.6) is 17.2 Å². The van der Waals surface area contributed by atoms with Gasteiger partial charge in [-0.05, 0) is 18.2 Å². The van der Waals surface area contributed by atoms with E-state index in [1.165, 1.54) is 60.7 Å². The molecule has 0 saturated heterocycles. The molecule has 11 N–H and O–H groups in total. The molecule has 0 amide bonds. The normalized spacial score (nSPS) is 15.7. The van der Waals surface area contributed by atoms with Crippen LogP contribution in [0.4, 0.5) is 0 Å². The van der Waals surface area contributed by atoms with Gasteiger partial charge in [0.1, 0.15) is 34.6 Å². The largest absolute Gasteiger partial charge is 0.508 e. The third-order valence-corrected chi connectivity index (χ3v) is 10.8. The van der Waals surface area contributed by atoms with Crippen molar-refractivity contribution in [3.63, 3.8) is 0 Å². The Morgan fingerprint density at radius 3 is 1.11 bits per heavy atom. The number of rotatable bonds is 18. The van der Waals surface area contributed by atoms with E-state index in [4.69, 9.17) is 0 Å². The average molecular weight is 703 g/mol. The van der Waals surface area contributed by atoms with Crippen LogP contribution in [0.3, 0.4) is 0 Å². The van der Waals surface area contributed by atoms with E-state index in [0.29, 0.717) is 0 Å². The Labute approximate surface area is 266 Å². The van der Waals surface area contributed by atoms with Crippen molar-refractivity contribution in [2.45, 2.75) is 17.3 Å². The van der Waals surface area contributed by atoms with E-state index in [1.54, 1.807) is 17.0 Å². The van der Waals surface area contributed by atoms with Crippen molar-refractivity contribution in [1.29, 1.82) is 0 Å². The van der Waals surface area contributed by atoms with Crippen molar-refractivity contribution in [1.82, 2.24) is 20.9 Å². The van der Waals surface area contributed by atoms with Gasteiger partial charge in [-0.3, -0.25) is 29.2 Å². The average Bonchev–Trinajstić information content (AvgIpc) is 2.95. The summed E-state index contributed by atoms with van der Waals surface area (Å²) >= 11 is 0. The van der Waals surface area contributed by atoms with Gasteiger partial charge in [-0.2, -0.15) is 0 Å². The predicted molar refractivity (Wildman–Crippen MR) is 173 cm³/mol. The Morgan fingerprint density at radius 2 is 0.826 bits per heavy atom. The molecule has 0 saturated carbocycles. The zero-order chi connectivity index (χ0) is 34.1. The third kappa shape index (κ3) is 11.0. The van der Waals surface area contributed by atoms with E-state index < -0.39 is 39.9 Å². The van der Waals surface area contributed by atoms with Gasteiger partial charge in [-0.1, -0.05) is 54.6 Å². The number of hydrogen-bond donors (Lipinski definition) is 11. The first-order valence-corrected chi connectivity index (χ1v) is 19.7. The number of phenolic OH excluding ortho intramolecular Hbond substituents is 3. The summed E-state index contributed by atoms with van der Waals surface area (Å²) in [6.07, 6.45) is 0. The van der Waals surface area contributed by atoms with Crippen LogP contribution >= 0.6 is 22.6 Å². The molecule has 3 aromatic carbocycles. The highest BCUT2D eigenvalue weighted by atomic mass is 31.2. The van der Waals surface area contributed by atoms with E-state index >= 15 is 0 Å². The zero-order valence-electron chi connectivity index (χ0n) is 25.0. The van der Waals surface area contributed by atoms with Gasteiger partial charge in [-0.25, -0.2) is 0 Å². The first kappa shape index (κ1) is 37.8. The molecular formula is C28H41N4O11P3. The van der Waals surface area contributed by atoms with Gasteiger partial charge in [0, 0.05) is 62.6 Å². The molecule has 3 rings (SSSR count). The molecule has 0 radical (unpaired) electrons. The second-order valence-corrected chi connectivity index (χ2v) is 16.5. The predicted octanol–water partition coefficient (Wildman–Crippen LogP) is 2.53. The smallest absolute Gasteiger partial charge is 0.346 e. The van der Waals surface area contributed by atoms with Crippen molar-refractivity contribution in [2.24, 2.45) is 0 Å². The van der Waals surface area contributed by atoms with E-state index in [1.807, 2.05) is 0 Å². The Hall–Kier alpha value is -2.61. The van der Waals surface area contributed by atoms with E-state index in [9.17, 15) is 53.5 Å². The number of para-hydroxylation sites is 3. The Kier molecular flexibility index (Phi) is 13.6. The molecule has 0 heterocycles. The van der Waals surface area contributed by atoms with Crippen LogP contribution in [0.15, 0.2) is 72.8 Å². The van der Waals surface area contributed by atoms with Crippen molar-refractivity contribution in [3.05, 3.63) is 89.5 Å². The van der Waals surface area contributed by atoms with Crippen molar-refractivity contribution in [2.75, 3.05) is 45.9 Å². The number of hydrogen-bond acceptors (Lipinski definition) is 10. The van der Waals surface area contributed by atoms with Gasteiger partial charge in [-0.15, -0.1) is 0 Å². The highest BCUT2D eigenvalue weighted by Gasteiger charge is 2.34. The highest BCUT2D eigenvalue weighted by molar-refractivity contribution is 7.57. The van der Waals surface area contributed by atoms with E-state index in [2.05, 4.69) is 16.0 Å². The Bertz CT molecular complexity index is 1400. The number of aromatic hydroxyl groups is 3. The lowest BCUT2D eigenvalue weighted by Gasteiger charge is -2.28. The molecule has 4 atom stereocenters. The summed E-state index contributed by atoms with van der Waals surface area (Å²) in [5.41, 5.74) is 0.236. The van der Waals surface area contributed by atoms with Crippen molar-refractivity contribution < 1.29 is 53.5 Å². The van der Waals surface area contributed by atoms with Gasteiger partial charge in [0.05, 0.1) is 0 Å². The molecular weight excluding hydrogens is 661 g/mol. The van der Waals surface area contributed by atoms with Crippen LogP contribution in [0, 0.1) is 0 Å². The number of nitrogens with one attached hydrogen (secondary N) is 3. The lowest BCUT2D eigenvalue weighted by Crippen LogP contribution is -2.42. The third-order valence-electron chi connectivity index (χ3n) is 7.14. The molecule has 46 heavy (non-hydrogen) atoms. The van der Waals surface area contributed by atoms with Gasteiger partial charge in [0.2, 0.25) is 7.37 Å². The quantitative estimate of drug-likeness (QED) is 0.0852. The van der Waals surface area contributed by atoms with Crippen LogP contribution in [-0.4, -0.2) is 90.6 Å². The van der Waals surface area contributed by atoms with E-state index in [0.717, 1.165) is 6.66 Å². The van der Waals surface area contributed by atoms with Crippen LogP contribution < -0.4 is 16.0 Å². The van der Waals surface area contributed by atoms with Gasteiger partial charge in [0.25, 0.3) is 0 Å². The topological polar surface area (TPSA) is 252 Å². The van der Waals surface area contributed by atoms with Crippen LogP contribution in [0.1, 0.15) is 34.0 Å². The molecule has 254 valence electrons. The van der Waals surface area contributed by atoms with Crippen LogP contribution in [-0.2, 0) is 13.7 Å². The van der Waals surface area contributed by atoms with Crippen LogP contribution in [0.2, 0.25) is 0 Å². The summed E-state index contributed by atoms with van der Waals surface area (Å²) in [6.45, 7) is 1.76. The van der Waals surface area contributed by atoms with Gasteiger partial charge in [0.15, 0.2) is 0 Å². The number of benzene rings is 3. The molecule has 0 aliphatic heterocycles. The summed E-state index contributed by atoms with van der Waals surface area (Å²) in [5, 5.41) is 39.2. The minimum Gasteiger partial charge on any atom is -0.508 e. The number of nitrogens with zero attached hydrogens (tertiary/aromatic N) is 1. The van der Waals surface area contributed by atoms with Gasteiger partial charge < -0.3 is 45.1 Å². The summed E-state index contributed by atoms with van der Waals surface area (Å²) in [5.74, 6) is -4.90. The van der Waals surface area contributed by atoms with Crippen LogP contribution in [0.25, 0.3) is 0 Å². The molecule has 18 heteroatoms. The lowest BCUT2D eigenvalue weighted by atomic mass is 10.2. The van der Waals surface area contributed by atoms with Crippen molar-refractivity contribution in [3.8, 4) is 17.2 Å². The minimum atomic E-state index is -4.78. The second kappa shape index (κ2) is 16.5. The van der Waals surface area contributed by atoms with E-state index in [-0.39, 0.29) is 73.2 Å². The maximum atomic E-state index is 12.7. The first-order chi connectivity index (χ1) is 21.5.